The SMILES string of the molecule is CCCNc1ncnc(N2CCCC2CO)c1CCC. The van der Waals surface area contributed by atoms with Gasteiger partial charge in [-0.25, -0.2) is 9.97 Å². The van der Waals surface area contributed by atoms with Crippen LogP contribution in [0.3, 0.4) is 0 Å². The van der Waals surface area contributed by atoms with E-state index in [1.54, 1.807) is 6.33 Å². The zero-order valence-electron chi connectivity index (χ0n) is 12.6. The van der Waals surface area contributed by atoms with Crippen molar-refractivity contribution in [1.82, 2.24) is 9.97 Å². The van der Waals surface area contributed by atoms with E-state index in [4.69, 9.17) is 0 Å². The molecule has 5 nitrogen and oxygen atoms in total. The molecule has 112 valence electrons. The van der Waals surface area contributed by atoms with E-state index >= 15 is 0 Å². The average molecular weight is 278 g/mol. The van der Waals surface area contributed by atoms with Crippen molar-refractivity contribution in [3.8, 4) is 0 Å². The molecular weight excluding hydrogens is 252 g/mol. The van der Waals surface area contributed by atoms with E-state index in [1.807, 2.05) is 0 Å². The molecule has 1 fully saturated rings. The Morgan fingerprint density at radius 1 is 1.35 bits per heavy atom. The van der Waals surface area contributed by atoms with Gasteiger partial charge >= 0.3 is 0 Å². The predicted molar refractivity (Wildman–Crippen MR) is 82.3 cm³/mol. The van der Waals surface area contributed by atoms with Gasteiger partial charge in [0.25, 0.3) is 0 Å². The third kappa shape index (κ3) is 3.20. The molecule has 0 amide bonds. The minimum atomic E-state index is 0.202. The smallest absolute Gasteiger partial charge is 0.137 e. The molecule has 20 heavy (non-hydrogen) atoms. The van der Waals surface area contributed by atoms with Crippen molar-refractivity contribution >= 4 is 11.6 Å². The lowest BCUT2D eigenvalue weighted by Crippen LogP contribution is -2.33. The minimum Gasteiger partial charge on any atom is -0.394 e. The van der Waals surface area contributed by atoms with Gasteiger partial charge in [0.15, 0.2) is 0 Å². The lowest BCUT2D eigenvalue weighted by molar-refractivity contribution is 0.266. The van der Waals surface area contributed by atoms with Crippen molar-refractivity contribution < 1.29 is 5.11 Å². The van der Waals surface area contributed by atoms with Gasteiger partial charge in [0.1, 0.15) is 18.0 Å². The quantitative estimate of drug-likeness (QED) is 0.801. The highest BCUT2D eigenvalue weighted by Gasteiger charge is 2.27. The fourth-order valence-corrected chi connectivity index (χ4v) is 2.83. The summed E-state index contributed by atoms with van der Waals surface area (Å²) in [4.78, 5) is 11.2. The summed E-state index contributed by atoms with van der Waals surface area (Å²) in [5.41, 5.74) is 1.20. The molecule has 0 aliphatic carbocycles. The van der Waals surface area contributed by atoms with E-state index < -0.39 is 0 Å². The van der Waals surface area contributed by atoms with Crippen molar-refractivity contribution in [1.29, 1.82) is 0 Å². The first-order valence-corrected chi connectivity index (χ1v) is 7.77. The molecule has 1 saturated heterocycles. The summed E-state index contributed by atoms with van der Waals surface area (Å²) in [5, 5.41) is 12.9. The summed E-state index contributed by atoms with van der Waals surface area (Å²) in [6.45, 7) is 6.43. The molecular formula is C15H26N4O. The highest BCUT2D eigenvalue weighted by Crippen LogP contribution is 2.30. The van der Waals surface area contributed by atoms with Crippen LogP contribution in [0.25, 0.3) is 0 Å². The number of anilines is 2. The summed E-state index contributed by atoms with van der Waals surface area (Å²) in [6, 6.07) is 0.208. The van der Waals surface area contributed by atoms with Crippen LogP contribution in [0.1, 0.15) is 45.1 Å². The van der Waals surface area contributed by atoms with Crippen molar-refractivity contribution in [2.24, 2.45) is 0 Å². The highest BCUT2D eigenvalue weighted by molar-refractivity contribution is 5.59. The van der Waals surface area contributed by atoms with Crippen LogP contribution in [0.5, 0.6) is 0 Å². The fraction of sp³-hybridized carbons (Fsp3) is 0.733. The third-order valence-electron chi connectivity index (χ3n) is 3.83. The van der Waals surface area contributed by atoms with E-state index in [0.717, 1.165) is 56.8 Å². The minimum absolute atomic E-state index is 0.202. The van der Waals surface area contributed by atoms with Crippen LogP contribution in [-0.4, -0.2) is 40.8 Å². The molecule has 0 radical (unpaired) electrons. The van der Waals surface area contributed by atoms with Gasteiger partial charge in [-0.2, -0.15) is 0 Å². The monoisotopic (exact) mass is 278 g/mol. The van der Waals surface area contributed by atoms with Gasteiger partial charge in [-0.05, 0) is 25.7 Å². The number of nitrogens with one attached hydrogen (secondary N) is 1. The van der Waals surface area contributed by atoms with Gasteiger partial charge in [0.2, 0.25) is 0 Å². The molecule has 0 aromatic carbocycles. The molecule has 2 N–H and O–H groups in total. The molecule has 1 aromatic heterocycles. The van der Waals surface area contributed by atoms with Crippen LogP contribution >= 0.6 is 0 Å². The first kappa shape index (κ1) is 15.0. The van der Waals surface area contributed by atoms with E-state index in [2.05, 4.69) is 34.0 Å². The zero-order chi connectivity index (χ0) is 14.4. The molecule has 2 heterocycles. The maximum absolute atomic E-state index is 9.53. The lowest BCUT2D eigenvalue weighted by Gasteiger charge is -2.27. The van der Waals surface area contributed by atoms with E-state index in [0.29, 0.717) is 0 Å². The van der Waals surface area contributed by atoms with Gasteiger partial charge in [0.05, 0.1) is 12.6 Å². The number of nitrogens with zero attached hydrogens (tertiary/aromatic N) is 3. The molecule has 0 bridgehead atoms. The molecule has 1 aromatic rings. The number of rotatable bonds is 7. The van der Waals surface area contributed by atoms with Crippen LogP contribution in [-0.2, 0) is 6.42 Å². The number of hydrogen-bond donors (Lipinski definition) is 2. The van der Waals surface area contributed by atoms with Crippen LogP contribution in [0, 0.1) is 0 Å². The van der Waals surface area contributed by atoms with E-state index in [9.17, 15) is 5.11 Å². The van der Waals surface area contributed by atoms with Crippen LogP contribution in [0.2, 0.25) is 0 Å². The Hall–Kier alpha value is -1.36. The molecule has 5 heteroatoms. The van der Waals surface area contributed by atoms with Crippen molar-refractivity contribution in [2.45, 2.75) is 52.0 Å². The van der Waals surface area contributed by atoms with Gasteiger partial charge in [0, 0.05) is 18.7 Å². The molecule has 0 saturated carbocycles. The van der Waals surface area contributed by atoms with Crippen molar-refractivity contribution in [2.75, 3.05) is 29.9 Å². The maximum Gasteiger partial charge on any atom is 0.137 e. The van der Waals surface area contributed by atoms with Crippen molar-refractivity contribution in [3.63, 3.8) is 0 Å². The Bertz CT molecular complexity index is 424. The first-order valence-electron chi connectivity index (χ1n) is 7.77. The summed E-state index contributed by atoms with van der Waals surface area (Å²) in [6.07, 6.45) is 6.92. The highest BCUT2D eigenvalue weighted by atomic mass is 16.3. The summed E-state index contributed by atoms with van der Waals surface area (Å²) in [5.74, 6) is 1.97. The Morgan fingerprint density at radius 3 is 2.90 bits per heavy atom. The lowest BCUT2D eigenvalue weighted by atomic mass is 10.1. The van der Waals surface area contributed by atoms with Crippen LogP contribution < -0.4 is 10.2 Å². The van der Waals surface area contributed by atoms with E-state index in [-0.39, 0.29) is 12.6 Å². The van der Waals surface area contributed by atoms with Crippen molar-refractivity contribution in [3.05, 3.63) is 11.9 Å². The van der Waals surface area contributed by atoms with Crippen LogP contribution in [0.15, 0.2) is 6.33 Å². The van der Waals surface area contributed by atoms with E-state index in [1.165, 1.54) is 5.56 Å². The Labute approximate surface area is 121 Å². The summed E-state index contributed by atoms with van der Waals surface area (Å²) in [7, 11) is 0. The second-order valence-corrected chi connectivity index (χ2v) is 5.37. The predicted octanol–water partition coefficient (Wildman–Crippen LogP) is 2.21. The summed E-state index contributed by atoms with van der Waals surface area (Å²) >= 11 is 0. The second-order valence-electron chi connectivity index (χ2n) is 5.37. The van der Waals surface area contributed by atoms with Crippen LogP contribution in [0.4, 0.5) is 11.6 Å². The summed E-state index contributed by atoms with van der Waals surface area (Å²) < 4.78 is 0. The number of aliphatic hydroxyl groups excluding tert-OH is 1. The average Bonchev–Trinajstić information content (AvgIpc) is 2.94. The number of aromatic nitrogens is 2. The number of hydrogen-bond acceptors (Lipinski definition) is 5. The molecule has 1 aliphatic heterocycles. The molecule has 1 unspecified atom stereocenters. The molecule has 1 atom stereocenters. The Balaban J connectivity index is 2.30. The first-order chi connectivity index (χ1) is 9.81. The fourth-order valence-electron chi connectivity index (χ4n) is 2.83. The topological polar surface area (TPSA) is 61.3 Å². The van der Waals surface area contributed by atoms with Gasteiger partial charge in [-0.15, -0.1) is 0 Å². The van der Waals surface area contributed by atoms with Gasteiger partial charge in [-0.1, -0.05) is 20.3 Å². The maximum atomic E-state index is 9.53. The van der Waals surface area contributed by atoms with Gasteiger partial charge in [-0.3, -0.25) is 0 Å². The Kier molecular flexibility index (Phi) is 5.59. The second kappa shape index (κ2) is 7.43. The zero-order valence-corrected chi connectivity index (χ0v) is 12.6. The number of aliphatic hydroxyl groups is 1. The normalized spacial score (nSPS) is 18.6. The standard InChI is InChI=1S/C15H26N4O/c1-3-6-13-14(16-8-4-2)17-11-18-15(13)19-9-5-7-12(19)10-20/h11-12,20H,3-10H2,1-2H3,(H,16,17,18). The van der Waals surface area contributed by atoms with Gasteiger partial charge < -0.3 is 15.3 Å². The third-order valence-corrected chi connectivity index (χ3v) is 3.83. The Morgan fingerprint density at radius 2 is 2.20 bits per heavy atom. The largest absolute Gasteiger partial charge is 0.394 e. The molecule has 2 rings (SSSR count). The molecule has 0 spiro atoms. The molecule has 1 aliphatic rings.